The minimum Gasteiger partial charge on any atom is -0.337 e. The summed E-state index contributed by atoms with van der Waals surface area (Å²) in [6.07, 6.45) is 1.14. The first-order chi connectivity index (χ1) is 9.20. The summed E-state index contributed by atoms with van der Waals surface area (Å²) in [5, 5.41) is 4.58. The monoisotopic (exact) mass is 277 g/mol. The fourth-order valence-electron chi connectivity index (χ4n) is 1.59. The van der Waals surface area contributed by atoms with E-state index < -0.39 is 0 Å². The minimum absolute atomic E-state index is 0.351. The standard InChI is InChI=1S/C14H19N3OS/c1-3-10(2)19-9-12-16-14(18-17-12)13(15)11-7-5-4-6-8-11/h4-8,10,13H,3,9,15H2,1-2H3. The van der Waals surface area contributed by atoms with Gasteiger partial charge in [-0.25, -0.2) is 0 Å². The van der Waals surface area contributed by atoms with Gasteiger partial charge in [-0.2, -0.15) is 16.7 Å². The van der Waals surface area contributed by atoms with Crippen molar-refractivity contribution < 1.29 is 4.52 Å². The molecule has 1 heterocycles. The van der Waals surface area contributed by atoms with E-state index in [1.54, 1.807) is 0 Å². The summed E-state index contributed by atoms with van der Waals surface area (Å²) in [4.78, 5) is 4.37. The molecule has 2 unspecified atom stereocenters. The molecule has 2 aromatic rings. The third kappa shape index (κ3) is 3.81. The quantitative estimate of drug-likeness (QED) is 0.878. The van der Waals surface area contributed by atoms with E-state index in [0.29, 0.717) is 17.0 Å². The number of benzene rings is 1. The van der Waals surface area contributed by atoms with Crippen LogP contribution in [0.25, 0.3) is 0 Å². The molecule has 2 N–H and O–H groups in total. The van der Waals surface area contributed by atoms with Gasteiger partial charge in [-0.1, -0.05) is 49.3 Å². The fraction of sp³-hybridized carbons (Fsp3) is 0.429. The summed E-state index contributed by atoms with van der Waals surface area (Å²) in [5.74, 6) is 1.96. The van der Waals surface area contributed by atoms with E-state index >= 15 is 0 Å². The molecular weight excluding hydrogens is 258 g/mol. The third-order valence-corrected chi connectivity index (χ3v) is 4.31. The van der Waals surface area contributed by atoms with Gasteiger partial charge in [-0.05, 0) is 12.0 Å². The predicted molar refractivity (Wildman–Crippen MR) is 77.8 cm³/mol. The molecule has 102 valence electrons. The van der Waals surface area contributed by atoms with Gasteiger partial charge in [0.25, 0.3) is 0 Å². The van der Waals surface area contributed by atoms with Crippen LogP contribution in [-0.2, 0) is 5.75 Å². The number of nitrogens with two attached hydrogens (primary N) is 1. The van der Waals surface area contributed by atoms with Crippen LogP contribution in [0, 0.1) is 0 Å². The van der Waals surface area contributed by atoms with Crippen LogP contribution in [0.3, 0.4) is 0 Å². The Balaban J connectivity index is 2.01. The van der Waals surface area contributed by atoms with Gasteiger partial charge in [0.1, 0.15) is 6.04 Å². The van der Waals surface area contributed by atoms with Crippen LogP contribution in [0.1, 0.15) is 43.6 Å². The van der Waals surface area contributed by atoms with Crippen molar-refractivity contribution in [3.63, 3.8) is 0 Å². The van der Waals surface area contributed by atoms with Crippen molar-refractivity contribution in [1.29, 1.82) is 0 Å². The van der Waals surface area contributed by atoms with E-state index in [4.69, 9.17) is 10.3 Å². The predicted octanol–water partition coefficient (Wildman–Crippen LogP) is 3.15. The van der Waals surface area contributed by atoms with Gasteiger partial charge in [0, 0.05) is 5.25 Å². The van der Waals surface area contributed by atoms with Gasteiger partial charge in [-0.3, -0.25) is 0 Å². The summed E-state index contributed by atoms with van der Waals surface area (Å²) in [6, 6.07) is 9.43. The third-order valence-electron chi connectivity index (χ3n) is 2.98. The highest BCUT2D eigenvalue weighted by Gasteiger charge is 2.16. The topological polar surface area (TPSA) is 64.9 Å². The number of hydrogen-bond acceptors (Lipinski definition) is 5. The summed E-state index contributed by atoms with van der Waals surface area (Å²) in [5.41, 5.74) is 7.09. The zero-order valence-electron chi connectivity index (χ0n) is 11.2. The zero-order valence-corrected chi connectivity index (χ0v) is 12.1. The van der Waals surface area contributed by atoms with Crippen molar-refractivity contribution in [2.75, 3.05) is 0 Å². The molecule has 0 aliphatic rings. The normalized spacial score (nSPS) is 14.3. The molecule has 0 saturated heterocycles. The highest BCUT2D eigenvalue weighted by molar-refractivity contribution is 7.99. The van der Waals surface area contributed by atoms with E-state index in [-0.39, 0.29) is 6.04 Å². The molecule has 0 spiro atoms. The van der Waals surface area contributed by atoms with Crippen LogP contribution in [0.15, 0.2) is 34.9 Å². The van der Waals surface area contributed by atoms with Crippen LogP contribution >= 0.6 is 11.8 Å². The Morgan fingerprint density at radius 1 is 1.32 bits per heavy atom. The van der Waals surface area contributed by atoms with Crippen molar-refractivity contribution in [3.8, 4) is 0 Å². The first kappa shape index (κ1) is 14.1. The maximum absolute atomic E-state index is 6.11. The highest BCUT2D eigenvalue weighted by Crippen LogP contribution is 2.21. The number of nitrogens with zero attached hydrogens (tertiary/aromatic N) is 2. The molecule has 0 radical (unpaired) electrons. The van der Waals surface area contributed by atoms with Gasteiger partial charge < -0.3 is 10.3 Å². The van der Waals surface area contributed by atoms with Crippen molar-refractivity contribution >= 4 is 11.8 Å². The molecule has 0 saturated carbocycles. The smallest absolute Gasteiger partial charge is 0.248 e. The fourth-order valence-corrected chi connectivity index (χ4v) is 2.38. The number of rotatable bonds is 6. The van der Waals surface area contributed by atoms with Gasteiger partial charge in [0.05, 0.1) is 5.75 Å². The maximum atomic E-state index is 6.11. The second-order valence-corrected chi connectivity index (χ2v) is 5.89. The van der Waals surface area contributed by atoms with E-state index in [1.165, 1.54) is 0 Å². The van der Waals surface area contributed by atoms with Gasteiger partial charge in [0.15, 0.2) is 5.82 Å². The molecule has 0 aliphatic heterocycles. The summed E-state index contributed by atoms with van der Waals surface area (Å²) in [7, 11) is 0. The van der Waals surface area contributed by atoms with Crippen LogP contribution in [0.2, 0.25) is 0 Å². The number of aromatic nitrogens is 2. The van der Waals surface area contributed by atoms with Crippen molar-refractivity contribution in [2.24, 2.45) is 5.73 Å². The first-order valence-corrected chi connectivity index (χ1v) is 7.50. The lowest BCUT2D eigenvalue weighted by Crippen LogP contribution is -2.12. The Morgan fingerprint density at radius 3 is 2.74 bits per heavy atom. The van der Waals surface area contributed by atoms with Crippen LogP contribution in [-0.4, -0.2) is 15.4 Å². The largest absolute Gasteiger partial charge is 0.337 e. The molecule has 2 atom stereocenters. The lowest BCUT2D eigenvalue weighted by molar-refractivity contribution is 0.363. The summed E-state index contributed by atoms with van der Waals surface area (Å²) >= 11 is 1.82. The molecule has 0 bridgehead atoms. The molecule has 0 aliphatic carbocycles. The lowest BCUT2D eigenvalue weighted by atomic mass is 10.1. The molecule has 4 nitrogen and oxygen atoms in total. The Morgan fingerprint density at radius 2 is 2.05 bits per heavy atom. The molecule has 2 rings (SSSR count). The molecule has 5 heteroatoms. The number of hydrogen-bond donors (Lipinski definition) is 1. The van der Waals surface area contributed by atoms with Gasteiger partial charge >= 0.3 is 0 Å². The van der Waals surface area contributed by atoms with E-state index in [9.17, 15) is 0 Å². The molecule has 0 amide bonds. The second-order valence-electron chi connectivity index (χ2n) is 4.47. The van der Waals surface area contributed by atoms with Gasteiger partial charge in [-0.15, -0.1) is 0 Å². The van der Waals surface area contributed by atoms with Crippen molar-refractivity contribution in [2.45, 2.75) is 37.3 Å². The van der Waals surface area contributed by atoms with E-state index in [1.807, 2.05) is 42.1 Å². The average Bonchev–Trinajstić information content (AvgIpc) is 2.93. The Bertz CT molecular complexity index is 500. The molecule has 19 heavy (non-hydrogen) atoms. The molecule has 0 fully saturated rings. The first-order valence-electron chi connectivity index (χ1n) is 6.45. The second kappa shape index (κ2) is 6.73. The van der Waals surface area contributed by atoms with Crippen LogP contribution in [0.4, 0.5) is 0 Å². The van der Waals surface area contributed by atoms with Crippen molar-refractivity contribution in [1.82, 2.24) is 10.1 Å². The molecule has 1 aromatic carbocycles. The van der Waals surface area contributed by atoms with E-state index in [0.717, 1.165) is 17.7 Å². The average molecular weight is 277 g/mol. The Hall–Kier alpha value is -1.33. The maximum Gasteiger partial charge on any atom is 0.248 e. The zero-order chi connectivity index (χ0) is 13.7. The Kier molecular flexibility index (Phi) is 4.99. The van der Waals surface area contributed by atoms with Crippen molar-refractivity contribution in [3.05, 3.63) is 47.6 Å². The minimum atomic E-state index is -0.351. The Labute approximate surface area is 117 Å². The number of thioether (sulfide) groups is 1. The molecular formula is C14H19N3OS. The lowest BCUT2D eigenvalue weighted by Gasteiger charge is -2.06. The van der Waals surface area contributed by atoms with Crippen LogP contribution < -0.4 is 5.73 Å². The summed E-state index contributed by atoms with van der Waals surface area (Å²) < 4.78 is 5.25. The molecule has 1 aromatic heterocycles. The summed E-state index contributed by atoms with van der Waals surface area (Å²) in [6.45, 7) is 4.37. The van der Waals surface area contributed by atoms with E-state index in [2.05, 4.69) is 24.0 Å². The SMILES string of the molecule is CCC(C)SCc1noc(C(N)c2ccccc2)n1. The van der Waals surface area contributed by atoms with Crippen LogP contribution in [0.5, 0.6) is 0 Å². The highest BCUT2D eigenvalue weighted by atomic mass is 32.2. The van der Waals surface area contributed by atoms with Gasteiger partial charge in [0.2, 0.25) is 5.89 Å².